The highest BCUT2D eigenvalue weighted by Gasteiger charge is 2.17. The van der Waals surface area contributed by atoms with Crippen molar-refractivity contribution in [3.05, 3.63) is 0 Å². The molecule has 0 aliphatic carbocycles. The molecule has 0 spiro atoms. The Morgan fingerprint density at radius 1 is 1.27 bits per heavy atom. The molecule has 2 saturated heterocycles. The van der Waals surface area contributed by atoms with Crippen molar-refractivity contribution >= 4 is 35.8 Å². The zero-order chi connectivity index (χ0) is 14.9. The van der Waals surface area contributed by atoms with Gasteiger partial charge in [-0.15, -0.1) is 24.0 Å². The Kier molecular flexibility index (Phi) is 9.77. The van der Waals surface area contributed by atoms with Crippen LogP contribution in [0.25, 0.3) is 0 Å². The van der Waals surface area contributed by atoms with Gasteiger partial charge in [-0.1, -0.05) is 0 Å². The summed E-state index contributed by atoms with van der Waals surface area (Å²) in [6, 6.07) is 0. The van der Waals surface area contributed by atoms with E-state index >= 15 is 0 Å². The number of nitrogens with zero attached hydrogens (tertiary/aromatic N) is 2. The number of hydrogen-bond acceptors (Lipinski definition) is 3. The van der Waals surface area contributed by atoms with E-state index in [0.29, 0.717) is 6.10 Å². The second kappa shape index (κ2) is 11.0. The zero-order valence-corrected chi connectivity index (χ0v) is 15.8. The molecule has 2 heterocycles. The molecule has 2 fully saturated rings. The van der Waals surface area contributed by atoms with E-state index in [2.05, 4.69) is 15.6 Å². The van der Waals surface area contributed by atoms with Gasteiger partial charge >= 0.3 is 0 Å². The second-order valence-corrected chi connectivity index (χ2v) is 5.63. The van der Waals surface area contributed by atoms with Crippen molar-refractivity contribution < 1.29 is 9.53 Å². The first-order chi connectivity index (χ1) is 10.3. The lowest BCUT2D eigenvalue weighted by atomic mass is 10.2. The van der Waals surface area contributed by atoms with E-state index in [-0.39, 0.29) is 36.4 Å². The van der Waals surface area contributed by atoms with E-state index in [4.69, 9.17) is 4.74 Å². The highest BCUT2D eigenvalue weighted by molar-refractivity contribution is 14.0. The third kappa shape index (κ3) is 6.68. The number of carbonyl (C=O) groups is 1. The Labute approximate surface area is 150 Å². The fourth-order valence-electron chi connectivity index (χ4n) is 2.78. The standard InChI is InChI=1S/C15H28N4O2.HI/c1-2-16-15(17-8-7-13-6-5-11-21-13)18-12-14(20)19-9-3-4-10-19;/h13H,2-12H2,1H3,(H2,16,17,18);1H. The maximum absolute atomic E-state index is 12.0. The van der Waals surface area contributed by atoms with Gasteiger partial charge in [0.05, 0.1) is 6.10 Å². The Bertz CT molecular complexity index is 353. The van der Waals surface area contributed by atoms with Crippen LogP contribution in [-0.4, -0.2) is 62.2 Å². The van der Waals surface area contributed by atoms with Crippen LogP contribution in [0.3, 0.4) is 0 Å². The molecule has 2 rings (SSSR count). The molecule has 7 heteroatoms. The number of halogens is 1. The van der Waals surface area contributed by atoms with Gasteiger partial charge < -0.3 is 20.3 Å². The van der Waals surface area contributed by atoms with Crippen LogP contribution >= 0.6 is 24.0 Å². The van der Waals surface area contributed by atoms with Crippen LogP contribution in [0.2, 0.25) is 0 Å². The van der Waals surface area contributed by atoms with E-state index in [1.165, 1.54) is 6.42 Å². The summed E-state index contributed by atoms with van der Waals surface area (Å²) < 4.78 is 5.60. The molecule has 0 aromatic rings. The van der Waals surface area contributed by atoms with Crippen LogP contribution in [-0.2, 0) is 9.53 Å². The number of hydrogen-bond donors (Lipinski definition) is 2. The quantitative estimate of drug-likeness (QED) is 0.384. The zero-order valence-electron chi connectivity index (χ0n) is 13.5. The minimum atomic E-state index is 0. The first kappa shape index (κ1) is 19.5. The highest BCUT2D eigenvalue weighted by Crippen LogP contribution is 2.14. The largest absolute Gasteiger partial charge is 0.378 e. The summed E-state index contributed by atoms with van der Waals surface area (Å²) in [6.07, 6.45) is 5.94. The van der Waals surface area contributed by atoms with Crippen molar-refractivity contribution in [2.45, 2.75) is 45.1 Å². The second-order valence-electron chi connectivity index (χ2n) is 5.63. The van der Waals surface area contributed by atoms with E-state index < -0.39 is 0 Å². The average Bonchev–Trinajstić information content (AvgIpc) is 3.17. The number of nitrogens with one attached hydrogen (secondary N) is 2. The van der Waals surface area contributed by atoms with Gasteiger partial charge in [0.15, 0.2) is 5.96 Å². The Morgan fingerprint density at radius 3 is 2.68 bits per heavy atom. The van der Waals surface area contributed by atoms with Crippen LogP contribution in [0.5, 0.6) is 0 Å². The van der Waals surface area contributed by atoms with Crippen LogP contribution in [0.15, 0.2) is 4.99 Å². The monoisotopic (exact) mass is 424 g/mol. The molecule has 128 valence electrons. The molecule has 0 aromatic heterocycles. The third-order valence-electron chi connectivity index (χ3n) is 3.96. The summed E-state index contributed by atoms with van der Waals surface area (Å²) in [4.78, 5) is 18.3. The van der Waals surface area contributed by atoms with Crippen molar-refractivity contribution in [1.29, 1.82) is 0 Å². The van der Waals surface area contributed by atoms with Gasteiger partial charge in [0, 0.05) is 32.8 Å². The molecular weight excluding hydrogens is 395 g/mol. The maximum Gasteiger partial charge on any atom is 0.244 e. The highest BCUT2D eigenvalue weighted by atomic mass is 127. The predicted octanol–water partition coefficient (Wildman–Crippen LogP) is 1.35. The average molecular weight is 424 g/mol. The molecule has 0 saturated carbocycles. The van der Waals surface area contributed by atoms with Gasteiger partial charge in [0.1, 0.15) is 6.54 Å². The van der Waals surface area contributed by atoms with E-state index in [9.17, 15) is 4.79 Å². The molecule has 0 aromatic carbocycles. The van der Waals surface area contributed by atoms with Crippen LogP contribution in [0, 0.1) is 0 Å². The number of amides is 1. The molecule has 2 aliphatic heterocycles. The molecule has 0 radical (unpaired) electrons. The molecule has 2 N–H and O–H groups in total. The van der Waals surface area contributed by atoms with Crippen molar-refractivity contribution in [1.82, 2.24) is 15.5 Å². The Balaban J connectivity index is 0.00000242. The number of aliphatic imine (C=N–C) groups is 1. The smallest absolute Gasteiger partial charge is 0.244 e. The minimum absolute atomic E-state index is 0. The summed E-state index contributed by atoms with van der Waals surface area (Å²) in [5.74, 6) is 0.854. The number of likely N-dealkylation sites (tertiary alicyclic amines) is 1. The molecule has 0 bridgehead atoms. The first-order valence-electron chi connectivity index (χ1n) is 8.21. The van der Waals surface area contributed by atoms with Crippen molar-refractivity contribution in [2.75, 3.05) is 39.3 Å². The Hall–Kier alpha value is -0.570. The number of ether oxygens (including phenoxy) is 1. The van der Waals surface area contributed by atoms with Gasteiger partial charge in [0.2, 0.25) is 5.91 Å². The summed E-state index contributed by atoms with van der Waals surface area (Å²) in [5.41, 5.74) is 0. The summed E-state index contributed by atoms with van der Waals surface area (Å²) in [6.45, 7) is 6.55. The van der Waals surface area contributed by atoms with Gasteiger partial charge in [-0.3, -0.25) is 4.79 Å². The van der Waals surface area contributed by atoms with E-state index in [1.807, 2.05) is 11.8 Å². The predicted molar refractivity (Wildman–Crippen MR) is 98.8 cm³/mol. The normalized spacial score (nSPS) is 21.6. The molecule has 6 nitrogen and oxygen atoms in total. The summed E-state index contributed by atoms with van der Waals surface area (Å²) in [5, 5.41) is 6.46. The molecular formula is C15H29IN4O2. The number of rotatable bonds is 6. The topological polar surface area (TPSA) is 66.0 Å². The van der Waals surface area contributed by atoms with Gasteiger partial charge in [-0.2, -0.15) is 0 Å². The summed E-state index contributed by atoms with van der Waals surface area (Å²) in [7, 11) is 0. The lowest BCUT2D eigenvalue weighted by Crippen LogP contribution is -2.40. The lowest BCUT2D eigenvalue weighted by molar-refractivity contribution is -0.128. The minimum Gasteiger partial charge on any atom is -0.378 e. The molecule has 1 unspecified atom stereocenters. The molecule has 22 heavy (non-hydrogen) atoms. The van der Waals surface area contributed by atoms with E-state index in [1.54, 1.807) is 0 Å². The van der Waals surface area contributed by atoms with Crippen LogP contribution in [0.4, 0.5) is 0 Å². The number of guanidine groups is 1. The number of carbonyl (C=O) groups excluding carboxylic acids is 1. The third-order valence-corrected chi connectivity index (χ3v) is 3.96. The van der Waals surface area contributed by atoms with Gasteiger partial charge in [-0.25, -0.2) is 4.99 Å². The first-order valence-corrected chi connectivity index (χ1v) is 8.21. The SMILES string of the molecule is CCNC(=NCC(=O)N1CCCC1)NCCC1CCCO1.I. The fourth-order valence-corrected chi connectivity index (χ4v) is 2.78. The Morgan fingerprint density at radius 2 is 2.05 bits per heavy atom. The van der Waals surface area contributed by atoms with Gasteiger partial charge in [-0.05, 0) is 39.0 Å². The molecule has 1 amide bonds. The maximum atomic E-state index is 12.0. The molecule has 1 atom stereocenters. The van der Waals surface area contributed by atoms with Crippen LogP contribution in [0.1, 0.15) is 39.0 Å². The van der Waals surface area contributed by atoms with Crippen molar-refractivity contribution in [3.63, 3.8) is 0 Å². The van der Waals surface area contributed by atoms with Crippen molar-refractivity contribution in [3.8, 4) is 0 Å². The lowest BCUT2D eigenvalue weighted by Gasteiger charge is -2.16. The van der Waals surface area contributed by atoms with E-state index in [0.717, 1.165) is 64.4 Å². The van der Waals surface area contributed by atoms with Gasteiger partial charge in [0.25, 0.3) is 0 Å². The molecule has 2 aliphatic rings. The summed E-state index contributed by atoms with van der Waals surface area (Å²) >= 11 is 0. The fraction of sp³-hybridized carbons (Fsp3) is 0.867. The van der Waals surface area contributed by atoms with Crippen LogP contribution < -0.4 is 10.6 Å². The van der Waals surface area contributed by atoms with Crippen molar-refractivity contribution in [2.24, 2.45) is 4.99 Å².